The van der Waals surface area contributed by atoms with Crippen LogP contribution in [0.2, 0.25) is 19.6 Å². The molecule has 0 aliphatic carbocycles. The molecule has 0 bridgehead atoms. The highest BCUT2D eigenvalue weighted by molar-refractivity contribution is 6.75. The fourth-order valence-electron chi connectivity index (χ4n) is 2.06. The molecule has 7 heteroatoms. The first-order valence-corrected chi connectivity index (χ1v) is 11.5. The maximum Gasteiger partial charge on any atom is 0.399 e. The predicted molar refractivity (Wildman–Crippen MR) is 91.3 cm³/mol. The lowest BCUT2D eigenvalue weighted by atomic mass is 10.3. The summed E-state index contributed by atoms with van der Waals surface area (Å²) < 4.78 is 1.63. The van der Waals surface area contributed by atoms with Gasteiger partial charge in [0.25, 0.3) is 0 Å². The number of carboxylic acid groups (broad SMARTS) is 1. The third-order valence-electron chi connectivity index (χ3n) is 3.29. The van der Waals surface area contributed by atoms with E-state index in [0.29, 0.717) is 6.54 Å². The summed E-state index contributed by atoms with van der Waals surface area (Å²) in [5, 5.41) is 15.9. The zero-order chi connectivity index (χ0) is 16.1. The van der Waals surface area contributed by atoms with Crippen molar-refractivity contribution < 1.29 is 9.90 Å². The maximum absolute atomic E-state index is 11.2. The van der Waals surface area contributed by atoms with Gasteiger partial charge in [-0.25, -0.2) is 4.79 Å². The molecule has 0 aromatic heterocycles. The first kappa shape index (κ1) is 20.4. The van der Waals surface area contributed by atoms with E-state index < -0.39 is 14.3 Å². The maximum atomic E-state index is 11.2. The van der Waals surface area contributed by atoms with Crippen molar-refractivity contribution in [3.05, 3.63) is 0 Å². The third kappa shape index (κ3) is 11.7. The molecule has 0 rings (SSSR count). The second kappa shape index (κ2) is 12.0. The van der Waals surface area contributed by atoms with E-state index in [1.54, 1.807) is 4.57 Å². The number of carbonyl (C=O) groups is 1. The van der Waals surface area contributed by atoms with E-state index in [0.717, 1.165) is 58.4 Å². The van der Waals surface area contributed by atoms with Crippen LogP contribution in [0.15, 0.2) is 0 Å². The second-order valence-corrected chi connectivity index (χ2v) is 11.2. The van der Waals surface area contributed by atoms with Crippen molar-refractivity contribution in [2.75, 3.05) is 39.3 Å². The molecule has 21 heavy (non-hydrogen) atoms. The van der Waals surface area contributed by atoms with Gasteiger partial charge >= 0.3 is 6.09 Å². The Morgan fingerprint density at radius 1 is 1.00 bits per heavy atom. The molecule has 0 saturated heterocycles. The van der Waals surface area contributed by atoms with E-state index in [1.807, 2.05) is 0 Å². The SMILES string of the molecule is C[Si](C)(C)N(CCCNCCCCNCCCN)C(=O)O. The van der Waals surface area contributed by atoms with Crippen LogP contribution >= 0.6 is 0 Å². The lowest BCUT2D eigenvalue weighted by Gasteiger charge is -2.31. The molecule has 0 fully saturated rings. The van der Waals surface area contributed by atoms with Crippen LogP contribution in [-0.2, 0) is 0 Å². The van der Waals surface area contributed by atoms with Crippen LogP contribution in [0.1, 0.15) is 25.7 Å². The summed E-state index contributed by atoms with van der Waals surface area (Å²) in [6, 6.07) is 0. The van der Waals surface area contributed by atoms with Crippen LogP contribution in [0.5, 0.6) is 0 Å². The number of nitrogens with two attached hydrogens (primary N) is 1. The Morgan fingerprint density at radius 2 is 1.48 bits per heavy atom. The Balaban J connectivity index is 3.45. The number of nitrogens with zero attached hydrogens (tertiary/aromatic N) is 1. The second-order valence-electron chi connectivity index (χ2n) is 6.31. The minimum Gasteiger partial charge on any atom is -0.465 e. The Kier molecular flexibility index (Phi) is 11.6. The standard InChI is InChI=1S/C14H34N4O2Si/c1-21(2,3)18(14(19)20)13-7-12-17-10-5-4-9-16-11-6-8-15/h16-17H,4-13,15H2,1-3H3,(H,19,20). The van der Waals surface area contributed by atoms with Crippen molar-refractivity contribution in [3.63, 3.8) is 0 Å². The lowest BCUT2D eigenvalue weighted by molar-refractivity contribution is 0.169. The molecular weight excluding hydrogens is 284 g/mol. The Labute approximate surface area is 130 Å². The number of hydrogen-bond acceptors (Lipinski definition) is 4. The number of unbranched alkanes of at least 4 members (excludes halogenated alkanes) is 1. The van der Waals surface area contributed by atoms with Gasteiger partial charge in [-0.2, -0.15) is 0 Å². The van der Waals surface area contributed by atoms with E-state index >= 15 is 0 Å². The zero-order valence-corrected chi connectivity index (χ0v) is 15.0. The van der Waals surface area contributed by atoms with Gasteiger partial charge in [-0.3, -0.25) is 0 Å². The minimum absolute atomic E-state index is 0.638. The molecule has 126 valence electrons. The Hall–Kier alpha value is -0.633. The molecule has 0 aromatic carbocycles. The monoisotopic (exact) mass is 318 g/mol. The quantitative estimate of drug-likeness (QED) is 0.305. The van der Waals surface area contributed by atoms with Gasteiger partial charge in [-0.15, -0.1) is 0 Å². The summed E-state index contributed by atoms with van der Waals surface area (Å²) in [4.78, 5) is 11.2. The highest BCUT2D eigenvalue weighted by Gasteiger charge is 2.27. The van der Waals surface area contributed by atoms with Gasteiger partial charge in [0.05, 0.1) is 0 Å². The van der Waals surface area contributed by atoms with Crippen LogP contribution in [0.4, 0.5) is 4.79 Å². The van der Waals surface area contributed by atoms with Crippen molar-refractivity contribution in [1.82, 2.24) is 15.2 Å². The lowest BCUT2D eigenvalue weighted by Crippen LogP contribution is -2.49. The molecule has 0 aromatic rings. The van der Waals surface area contributed by atoms with Crippen molar-refractivity contribution >= 4 is 14.3 Å². The summed E-state index contributed by atoms with van der Waals surface area (Å²) in [7, 11) is -1.76. The fraction of sp³-hybridized carbons (Fsp3) is 0.929. The molecule has 6 nitrogen and oxygen atoms in total. The predicted octanol–water partition coefficient (Wildman–Crippen LogP) is 1.50. The zero-order valence-electron chi connectivity index (χ0n) is 14.0. The van der Waals surface area contributed by atoms with Gasteiger partial charge in [0.15, 0.2) is 8.24 Å². The van der Waals surface area contributed by atoms with Crippen LogP contribution in [-0.4, -0.2) is 63.3 Å². The van der Waals surface area contributed by atoms with Gasteiger partial charge in [0.1, 0.15) is 0 Å². The summed E-state index contributed by atoms with van der Waals surface area (Å²) in [6.07, 6.45) is 3.44. The average molecular weight is 319 g/mol. The molecule has 0 aliphatic heterocycles. The van der Waals surface area contributed by atoms with Gasteiger partial charge in [-0.1, -0.05) is 19.6 Å². The molecule has 0 aliphatic rings. The molecule has 0 atom stereocenters. The number of rotatable bonds is 13. The van der Waals surface area contributed by atoms with E-state index in [9.17, 15) is 9.90 Å². The van der Waals surface area contributed by atoms with E-state index in [2.05, 4.69) is 30.3 Å². The molecule has 0 heterocycles. The van der Waals surface area contributed by atoms with Crippen molar-refractivity contribution in [3.8, 4) is 0 Å². The fourth-order valence-corrected chi connectivity index (χ4v) is 3.46. The Morgan fingerprint density at radius 3 is 1.90 bits per heavy atom. The van der Waals surface area contributed by atoms with Crippen LogP contribution < -0.4 is 16.4 Å². The molecule has 5 N–H and O–H groups in total. The number of nitrogens with one attached hydrogen (secondary N) is 2. The van der Waals surface area contributed by atoms with Gasteiger partial charge in [0, 0.05) is 6.54 Å². The van der Waals surface area contributed by atoms with Crippen molar-refractivity contribution in [2.45, 2.75) is 45.3 Å². The summed E-state index contributed by atoms with van der Waals surface area (Å²) in [6.45, 7) is 11.5. The summed E-state index contributed by atoms with van der Waals surface area (Å²) >= 11 is 0. The molecule has 1 amide bonds. The molecule has 0 saturated carbocycles. The minimum atomic E-state index is -1.76. The molecule has 0 spiro atoms. The third-order valence-corrected chi connectivity index (χ3v) is 5.33. The smallest absolute Gasteiger partial charge is 0.399 e. The topological polar surface area (TPSA) is 90.6 Å². The molecule has 0 radical (unpaired) electrons. The largest absolute Gasteiger partial charge is 0.465 e. The Bertz CT molecular complexity index is 272. The van der Waals surface area contributed by atoms with Gasteiger partial charge in [-0.05, 0) is 58.4 Å². The van der Waals surface area contributed by atoms with Crippen LogP contribution in [0.25, 0.3) is 0 Å². The molecular formula is C14H34N4O2Si. The summed E-state index contributed by atoms with van der Waals surface area (Å²) in [5.74, 6) is 0. The highest BCUT2D eigenvalue weighted by Crippen LogP contribution is 2.09. The van der Waals surface area contributed by atoms with E-state index in [4.69, 9.17) is 5.73 Å². The van der Waals surface area contributed by atoms with Crippen LogP contribution in [0.3, 0.4) is 0 Å². The van der Waals surface area contributed by atoms with Crippen molar-refractivity contribution in [2.24, 2.45) is 5.73 Å². The van der Waals surface area contributed by atoms with E-state index in [1.165, 1.54) is 0 Å². The number of hydrogen-bond donors (Lipinski definition) is 4. The highest BCUT2D eigenvalue weighted by atomic mass is 28.3. The van der Waals surface area contributed by atoms with E-state index in [-0.39, 0.29) is 0 Å². The van der Waals surface area contributed by atoms with Crippen molar-refractivity contribution in [1.29, 1.82) is 0 Å². The average Bonchev–Trinajstić information content (AvgIpc) is 2.38. The summed E-state index contributed by atoms with van der Waals surface area (Å²) in [5.41, 5.74) is 5.42. The number of amides is 1. The first-order chi connectivity index (χ1) is 9.89. The normalized spacial score (nSPS) is 11.6. The first-order valence-electron chi connectivity index (χ1n) is 8.01. The molecule has 0 unspecified atom stereocenters. The van der Waals surface area contributed by atoms with Gasteiger partial charge < -0.3 is 26.0 Å². The van der Waals surface area contributed by atoms with Gasteiger partial charge in [0.2, 0.25) is 0 Å². The van der Waals surface area contributed by atoms with Crippen LogP contribution in [0, 0.1) is 0 Å².